The summed E-state index contributed by atoms with van der Waals surface area (Å²) >= 11 is 0. The van der Waals surface area contributed by atoms with Gasteiger partial charge in [-0.3, -0.25) is 9.59 Å². The van der Waals surface area contributed by atoms with Crippen molar-refractivity contribution >= 4 is 44.7 Å². The first-order valence-corrected chi connectivity index (χ1v) is 19.4. The number of amides is 2. The van der Waals surface area contributed by atoms with E-state index < -0.39 is 11.6 Å². The third-order valence-corrected chi connectivity index (χ3v) is 11.9. The van der Waals surface area contributed by atoms with Gasteiger partial charge in [0.1, 0.15) is 17.4 Å². The number of carbonyl (C=O) groups is 2. The summed E-state index contributed by atoms with van der Waals surface area (Å²) in [4.78, 5) is 41.7. The molecule has 7 heteroatoms. The minimum absolute atomic E-state index is 0.0545. The molecule has 8 rings (SSSR count). The molecule has 1 aromatic heterocycles. The molecule has 2 fully saturated rings. The molecule has 0 spiro atoms. The molecule has 4 atom stereocenters. The van der Waals surface area contributed by atoms with Crippen LogP contribution in [0.1, 0.15) is 126 Å². The van der Waals surface area contributed by atoms with Gasteiger partial charge in [-0.25, -0.2) is 9.97 Å². The highest BCUT2D eigenvalue weighted by Gasteiger charge is 2.48. The van der Waals surface area contributed by atoms with E-state index in [0.29, 0.717) is 28.8 Å². The number of fused-ring (bicyclic) bond motifs is 9. The number of rotatable bonds is 5. The van der Waals surface area contributed by atoms with Gasteiger partial charge in [0.25, 0.3) is 5.91 Å². The summed E-state index contributed by atoms with van der Waals surface area (Å²) in [5.41, 5.74) is 4.97. The predicted octanol–water partition coefficient (Wildman–Crippen LogP) is 10.1. The van der Waals surface area contributed by atoms with Gasteiger partial charge in [0.2, 0.25) is 5.91 Å². The van der Waals surface area contributed by atoms with Gasteiger partial charge in [0.15, 0.2) is 0 Å². The SMILES string of the molecule is CC1CCC2C(C1)c1c(c3ccccc3c3nc4cc(C(=O)N(C5CCCCC5)C(C(=O)NC(C)(C)C)c5ccccc5)ccc4nc13)OC2(C)C. The Morgan fingerprint density at radius 2 is 1.54 bits per heavy atom. The first-order chi connectivity index (χ1) is 24.9. The molecule has 0 saturated heterocycles. The summed E-state index contributed by atoms with van der Waals surface area (Å²) in [7, 11) is 0. The molecule has 270 valence electrons. The second kappa shape index (κ2) is 13.2. The molecule has 2 heterocycles. The zero-order chi connectivity index (χ0) is 36.4. The highest BCUT2D eigenvalue weighted by atomic mass is 16.5. The van der Waals surface area contributed by atoms with E-state index in [0.717, 1.165) is 83.6 Å². The number of carbonyl (C=O) groups excluding carboxylic acids is 2. The molecule has 52 heavy (non-hydrogen) atoms. The zero-order valence-electron chi connectivity index (χ0n) is 31.5. The molecular weight excluding hydrogens is 645 g/mol. The average molecular weight is 697 g/mol. The van der Waals surface area contributed by atoms with E-state index in [4.69, 9.17) is 14.7 Å². The van der Waals surface area contributed by atoms with Crippen molar-refractivity contribution in [2.45, 2.75) is 122 Å². The van der Waals surface area contributed by atoms with Crippen LogP contribution in [0.5, 0.6) is 5.75 Å². The Kier molecular flexibility index (Phi) is 8.74. The van der Waals surface area contributed by atoms with E-state index in [1.165, 1.54) is 12.0 Å². The monoisotopic (exact) mass is 696 g/mol. The molecule has 2 amide bonds. The summed E-state index contributed by atoms with van der Waals surface area (Å²) in [6.45, 7) is 12.8. The second-order valence-electron chi connectivity index (χ2n) is 17.3. The number of benzene rings is 4. The van der Waals surface area contributed by atoms with Crippen molar-refractivity contribution in [3.63, 3.8) is 0 Å². The molecule has 5 aromatic rings. The highest BCUT2D eigenvalue weighted by Crippen LogP contribution is 2.56. The number of nitrogens with one attached hydrogen (secondary N) is 1. The molecule has 7 nitrogen and oxygen atoms in total. The van der Waals surface area contributed by atoms with Crippen molar-refractivity contribution in [1.29, 1.82) is 0 Å². The molecule has 2 saturated carbocycles. The van der Waals surface area contributed by atoms with Crippen LogP contribution >= 0.6 is 0 Å². The smallest absolute Gasteiger partial charge is 0.255 e. The predicted molar refractivity (Wildman–Crippen MR) is 209 cm³/mol. The average Bonchev–Trinajstić information content (AvgIpc) is 3.12. The Balaban J connectivity index is 1.28. The van der Waals surface area contributed by atoms with E-state index in [1.807, 2.05) is 80.3 Å². The molecular formula is C45H52N4O3. The van der Waals surface area contributed by atoms with Crippen LogP contribution in [0, 0.1) is 11.8 Å². The lowest BCUT2D eigenvalue weighted by Crippen LogP contribution is -2.52. The fourth-order valence-corrected chi connectivity index (χ4v) is 9.54. The van der Waals surface area contributed by atoms with Crippen molar-refractivity contribution in [3.8, 4) is 5.75 Å². The lowest BCUT2D eigenvalue weighted by molar-refractivity contribution is -0.128. The zero-order valence-corrected chi connectivity index (χ0v) is 31.5. The number of aromatic nitrogens is 2. The quantitative estimate of drug-likeness (QED) is 0.146. The third-order valence-electron chi connectivity index (χ3n) is 11.9. The van der Waals surface area contributed by atoms with Gasteiger partial charge in [-0.15, -0.1) is 0 Å². The molecule has 1 N–H and O–H groups in total. The molecule has 0 bridgehead atoms. The molecule has 2 aliphatic carbocycles. The second-order valence-corrected chi connectivity index (χ2v) is 17.3. The van der Waals surface area contributed by atoms with Crippen molar-refractivity contribution in [2.75, 3.05) is 0 Å². The maximum atomic E-state index is 15.0. The van der Waals surface area contributed by atoms with Gasteiger partial charge in [0, 0.05) is 39.4 Å². The Morgan fingerprint density at radius 3 is 2.27 bits per heavy atom. The van der Waals surface area contributed by atoms with Crippen LogP contribution in [0.4, 0.5) is 0 Å². The Morgan fingerprint density at radius 1 is 0.846 bits per heavy atom. The molecule has 0 radical (unpaired) electrons. The standard InChI is InChI=1S/C45H52N4O3/c1-27-21-23-34-33(25-27)37-39-38(31-19-13-14-20-32(31)41(37)52-45(34,5)6)47-36-26-29(22-24-35(36)46-39)43(51)49(30-17-11-8-12-18-30)40(28-15-9-7-10-16-28)42(50)48-44(2,3)4/h7,9-10,13-16,19-20,22,24,26-27,30,33-34,40H,8,11-12,17-18,21,23,25H2,1-6H3,(H,48,50). The van der Waals surface area contributed by atoms with Crippen LogP contribution in [-0.2, 0) is 4.79 Å². The lowest BCUT2D eigenvalue weighted by atomic mass is 9.64. The van der Waals surface area contributed by atoms with Crippen LogP contribution in [0.25, 0.3) is 32.8 Å². The van der Waals surface area contributed by atoms with E-state index in [1.54, 1.807) is 0 Å². The lowest BCUT2D eigenvalue weighted by Gasteiger charge is -2.49. The van der Waals surface area contributed by atoms with E-state index in [-0.39, 0.29) is 23.5 Å². The largest absolute Gasteiger partial charge is 0.487 e. The number of hydrogen-bond acceptors (Lipinski definition) is 5. The fraction of sp³-hybridized carbons (Fsp3) is 0.467. The number of hydrogen-bond donors (Lipinski definition) is 1. The maximum absolute atomic E-state index is 15.0. The summed E-state index contributed by atoms with van der Waals surface area (Å²) in [5.74, 6) is 1.99. The molecule has 4 unspecified atom stereocenters. The van der Waals surface area contributed by atoms with Crippen LogP contribution in [0.2, 0.25) is 0 Å². The van der Waals surface area contributed by atoms with Crippen molar-refractivity contribution < 1.29 is 14.3 Å². The minimum Gasteiger partial charge on any atom is -0.487 e. The maximum Gasteiger partial charge on any atom is 0.255 e. The summed E-state index contributed by atoms with van der Waals surface area (Å²) in [5, 5.41) is 5.27. The summed E-state index contributed by atoms with van der Waals surface area (Å²) in [6.07, 6.45) is 8.39. The summed E-state index contributed by atoms with van der Waals surface area (Å²) in [6, 6.07) is 23.0. The van der Waals surface area contributed by atoms with Crippen molar-refractivity contribution in [1.82, 2.24) is 20.2 Å². The van der Waals surface area contributed by atoms with Gasteiger partial charge in [-0.2, -0.15) is 0 Å². The third kappa shape index (κ3) is 6.20. The number of nitrogens with zero attached hydrogens (tertiary/aromatic N) is 3. The normalized spacial score (nSPS) is 22.3. The van der Waals surface area contributed by atoms with Gasteiger partial charge in [0.05, 0.1) is 22.1 Å². The van der Waals surface area contributed by atoms with Gasteiger partial charge >= 0.3 is 0 Å². The van der Waals surface area contributed by atoms with E-state index in [9.17, 15) is 9.59 Å². The highest BCUT2D eigenvalue weighted by molar-refractivity contribution is 6.11. The van der Waals surface area contributed by atoms with Crippen LogP contribution in [0.3, 0.4) is 0 Å². The minimum atomic E-state index is -0.764. The first-order valence-electron chi connectivity index (χ1n) is 19.4. The fourth-order valence-electron chi connectivity index (χ4n) is 9.54. The van der Waals surface area contributed by atoms with E-state index >= 15 is 0 Å². The Labute approximate surface area is 307 Å². The molecule has 3 aliphatic rings. The topological polar surface area (TPSA) is 84.4 Å². The molecule has 1 aliphatic heterocycles. The molecule has 4 aromatic carbocycles. The first kappa shape index (κ1) is 34.6. The van der Waals surface area contributed by atoms with Gasteiger partial charge < -0.3 is 15.0 Å². The van der Waals surface area contributed by atoms with Gasteiger partial charge in [-0.05, 0) is 95.9 Å². The number of ether oxygens (including phenoxy) is 1. The Bertz CT molecular complexity index is 2170. The van der Waals surface area contributed by atoms with Crippen LogP contribution < -0.4 is 10.1 Å². The van der Waals surface area contributed by atoms with Crippen molar-refractivity contribution in [3.05, 3.63) is 89.5 Å². The Hall–Kier alpha value is -4.52. The summed E-state index contributed by atoms with van der Waals surface area (Å²) < 4.78 is 6.95. The van der Waals surface area contributed by atoms with Crippen LogP contribution in [0.15, 0.2) is 72.8 Å². The van der Waals surface area contributed by atoms with E-state index in [2.05, 4.69) is 44.3 Å². The van der Waals surface area contributed by atoms with Crippen LogP contribution in [-0.4, -0.2) is 43.9 Å². The van der Waals surface area contributed by atoms with Gasteiger partial charge in [-0.1, -0.05) is 87.2 Å². The van der Waals surface area contributed by atoms with Crippen molar-refractivity contribution in [2.24, 2.45) is 11.8 Å².